The lowest BCUT2D eigenvalue weighted by Gasteiger charge is -2.15. The van der Waals surface area contributed by atoms with Gasteiger partial charge >= 0.3 is 0 Å². The van der Waals surface area contributed by atoms with Gasteiger partial charge in [0.15, 0.2) is 0 Å². The largest absolute Gasteiger partial charge is 0.176 e. The van der Waals surface area contributed by atoms with Crippen molar-refractivity contribution < 1.29 is 0 Å². The van der Waals surface area contributed by atoms with Crippen molar-refractivity contribution in [3.05, 3.63) is 0 Å². The summed E-state index contributed by atoms with van der Waals surface area (Å²) in [5, 5.41) is 1.08. The number of thioether (sulfide) groups is 2. The quantitative estimate of drug-likeness (QED) is 0.469. The Morgan fingerprint density at radius 3 is 1.60 bits per heavy atom. The minimum atomic E-state index is 0.539. The molecule has 0 fully saturated rings. The summed E-state index contributed by atoms with van der Waals surface area (Å²) in [7, 11) is 0. The van der Waals surface area contributed by atoms with E-state index in [4.69, 9.17) is 0 Å². The second-order valence-corrected chi connectivity index (χ2v) is 8.54. The molecule has 0 radical (unpaired) electrons. The van der Waals surface area contributed by atoms with Gasteiger partial charge in [0.1, 0.15) is 0 Å². The van der Waals surface area contributed by atoms with Crippen LogP contribution in [0.25, 0.3) is 0 Å². The van der Waals surface area contributed by atoms with Gasteiger partial charge in [-0.1, -0.05) is 20.8 Å². The van der Waals surface area contributed by atoms with E-state index < -0.39 is 0 Å². The Labute approximate surface area is 115 Å². The molecule has 0 saturated carbocycles. The second kappa shape index (κ2) is 10.5. The molecule has 0 aliphatic heterocycles. The van der Waals surface area contributed by atoms with Crippen molar-refractivity contribution in [2.24, 2.45) is 0 Å². The molecule has 0 N–H and O–H groups in total. The number of hydrogen-bond acceptors (Lipinski definition) is 4. The summed E-state index contributed by atoms with van der Waals surface area (Å²) in [6.45, 7) is 6.61. The van der Waals surface area contributed by atoms with Crippen molar-refractivity contribution in [3.63, 3.8) is 0 Å². The van der Waals surface area contributed by atoms with Crippen molar-refractivity contribution in [2.75, 3.05) is 11.5 Å². The summed E-state index contributed by atoms with van der Waals surface area (Å²) in [5.74, 6) is 2.49. The topological polar surface area (TPSA) is 0 Å². The van der Waals surface area contributed by atoms with Crippen LogP contribution >= 0.6 is 48.8 Å². The molecule has 15 heavy (non-hydrogen) atoms. The Morgan fingerprint density at radius 1 is 0.933 bits per heavy atom. The molecule has 0 nitrogen and oxygen atoms in total. The molecule has 0 heterocycles. The molecule has 0 aliphatic carbocycles. The monoisotopic (exact) mass is 284 g/mol. The molecule has 92 valence electrons. The first kappa shape index (κ1) is 16.4. The van der Waals surface area contributed by atoms with Gasteiger partial charge in [0.05, 0.1) is 0 Å². The first-order valence-electron chi connectivity index (χ1n) is 5.65. The average molecular weight is 285 g/mol. The summed E-state index contributed by atoms with van der Waals surface area (Å²) in [6, 6.07) is 0. The van der Waals surface area contributed by atoms with E-state index in [0.717, 1.165) is 4.58 Å². The van der Waals surface area contributed by atoms with Gasteiger partial charge in [-0.15, -0.1) is 23.5 Å². The van der Waals surface area contributed by atoms with Crippen molar-refractivity contribution >= 4 is 48.8 Å². The molecule has 2 atom stereocenters. The van der Waals surface area contributed by atoms with Crippen molar-refractivity contribution in [2.45, 2.75) is 55.1 Å². The van der Waals surface area contributed by atoms with Crippen LogP contribution in [0.1, 0.15) is 40.0 Å². The van der Waals surface area contributed by atoms with Gasteiger partial charge in [-0.05, 0) is 41.3 Å². The first-order chi connectivity index (χ1) is 7.06. The summed E-state index contributed by atoms with van der Waals surface area (Å²) in [5.41, 5.74) is 0. The molecule has 2 unspecified atom stereocenters. The zero-order valence-electron chi connectivity index (χ0n) is 9.98. The van der Waals surface area contributed by atoms with E-state index in [9.17, 15) is 0 Å². The van der Waals surface area contributed by atoms with Crippen LogP contribution in [-0.2, 0) is 0 Å². The molecular weight excluding hydrogens is 260 g/mol. The maximum Gasteiger partial charge on any atom is 0.0499 e. The Balaban J connectivity index is 3.46. The van der Waals surface area contributed by atoms with Gasteiger partial charge in [-0.25, -0.2) is 0 Å². The lowest BCUT2D eigenvalue weighted by molar-refractivity contribution is 0.914. The Bertz CT molecular complexity index is 123. The smallest absolute Gasteiger partial charge is 0.0499 e. The maximum absolute atomic E-state index is 4.40. The lowest BCUT2D eigenvalue weighted by atomic mass is 10.4. The summed E-state index contributed by atoms with van der Waals surface area (Å²) >= 11 is 13.0. The third kappa shape index (κ3) is 11.7. The Morgan fingerprint density at radius 2 is 1.33 bits per heavy atom. The fourth-order valence-corrected chi connectivity index (χ4v) is 4.57. The SMILES string of the molecule is CCC(SCCC(C)S)SCCC(C)S. The van der Waals surface area contributed by atoms with Crippen LogP contribution in [0.4, 0.5) is 0 Å². The Hall–Kier alpha value is 1.40. The van der Waals surface area contributed by atoms with Gasteiger partial charge in [0.25, 0.3) is 0 Å². The highest BCUT2D eigenvalue weighted by molar-refractivity contribution is 8.17. The van der Waals surface area contributed by atoms with Crippen LogP contribution in [0.5, 0.6) is 0 Å². The molecule has 0 aromatic carbocycles. The van der Waals surface area contributed by atoms with E-state index in [0.29, 0.717) is 10.5 Å². The van der Waals surface area contributed by atoms with Crippen molar-refractivity contribution in [3.8, 4) is 0 Å². The van der Waals surface area contributed by atoms with Gasteiger partial charge in [0.2, 0.25) is 0 Å². The number of hydrogen-bond donors (Lipinski definition) is 2. The molecule has 0 spiro atoms. The molecule has 0 bridgehead atoms. The molecule has 0 saturated heterocycles. The lowest BCUT2D eigenvalue weighted by Crippen LogP contribution is -2.02. The molecule has 0 aromatic heterocycles. The third-order valence-electron chi connectivity index (χ3n) is 2.01. The summed E-state index contributed by atoms with van der Waals surface area (Å²) in [4.78, 5) is 0. The van der Waals surface area contributed by atoms with E-state index in [-0.39, 0.29) is 0 Å². The van der Waals surface area contributed by atoms with Crippen LogP contribution in [0, 0.1) is 0 Å². The molecular formula is C11H24S4. The predicted molar refractivity (Wildman–Crippen MR) is 85.1 cm³/mol. The molecule has 4 heteroatoms. The molecule has 0 aromatic rings. The molecule has 0 amide bonds. The van der Waals surface area contributed by atoms with Gasteiger partial charge in [-0.2, -0.15) is 25.3 Å². The Kier molecular flexibility index (Phi) is 11.5. The predicted octanol–water partition coefficient (Wildman–Crippen LogP) is 4.61. The number of rotatable bonds is 9. The van der Waals surface area contributed by atoms with E-state index in [1.54, 1.807) is 0 Å². The summed E-state index contributed by atoms with van der Waals surface area (Å²) < 4.78 is 0.768. The van der Waals surface area contributed by atoms with Crippen LogP contribution in [0.2, 0.25) is 0 Å². The average Bonchev–Trinajstić information content (AvgIpc) is 2.14. The zero-order chi connectivity index (χ0) is 11.7. The van der Waals surface area contributed by atoms with Crippen LogP contribution in [0.3, 0.4) is 0 Å². The van der Waals surface area contributed by atoms with Gasteiger partial charge in [0, 0.05) is 4.58 Å². The maximum atomic E-state index is 4.40. The third-order valence-corrected chi connectivity index (χ3v) is 5.70. The summed E-state index contributed by atoms with van der Waals surface area (Å²) in [6.07, 6.45) is 3.69. The van der Waals surface area contributed by atoms with E-state index in [2.05, 4.69) is 69.6 Å². The van der Waals surface area contributed by atoms with Crippen LogP contribution in [-0.4, -0.2) is 26.6 Å². The van der Waals surface area contributed by atoms with E-state index in [1.165, 1.54) is 30.8 Å². The molecule has 0 aliphatic rings. The normalized spacial score (nSPS) is 17.4. The second-order valence-electron chi connectivity index (χ2n) is 3.85. The zero-order valence-corrected chi connectivity index (χ0v) is 13.4. The fourth-order valence-electron chi connectivity index (χ4n) is 1.02. The fraction of sp³-hybridized carbons (Fsp3) is 1.00. The van der Waals surface area contributed by atoms with Gasteiger partial charge < -0.3 is 0 Å². The molecule has 0 rings (SSSR count). The highest BCUT2D eigenvalue weighted by Crippen LogP contribution is 2.28. The first-order valence-corrected chi connectivity index (χ1v) is 8.78. The van der Waals surface area contributed by atoms with Gasteiger partial charge in [-0.3, -0.25) is 0 Å². The van der Waals surface area contributed by atoms with E-state index in [1.807, 2.05) is 0 Å². The number of thiol groups is 2. The highest BCUT2D eigenvalue weighted by atomic mass is 32.2. The van der Waals surface area contributed by atoms with Crippen molar-refractivity contribution in [1.29, 1.82) is 0 Å². The standard InChI is InChI=1S/C11H24S4/c1-4-11(14-7-5-9(2)12)15-8-6-10(3)13/h9-13H,4-8H2,1-3H3. The van der Waals surface area contributed by atoms with Crippen LogP contribution < -0.4 is 0 Å². The highest BCUT2D eigenvalue weighted by Gasteiger charge is 2.08. The van der Waals surface area contributed by atoms with E-state index >= 15 is 0 Å². The van der Waals surface area contributed by atoms with Crippen molar-refractivity contribution in [1.82, 2.24) is 0 Å². The van der Waals surface area contributed by atoms with Crippen LogP contribution in [0.15, 0.2) is 0 Å². The minimum Gasteiger partial charge on any atom is -0.176 e. The minimum absolute atomic E-state index is 0.539.